The molecule has 15 atom stereocenters. The van der Waals surface area contributed by atoms with Gasteiger partial charge in [0.25, 0.3) is 0 Å². The predicted octanol–water partition coefficient (Wildman–Crippen LogP) is 7.42. The van der Waals surface area contributed by atoms with E-state index in [0.29, 0.717) is 12.8 Å². The summed E-state index contributed by atoms with van der Waals surface area (Å²) >= 11 is 0. The number of hydrogen-bond donors (Lipinski definition) is 11. The second-order valence-corrected chi connectivity index (χ2v) is 23.4. The lowest BCUT2D eigenvalue weighted by Crippen LogP contribution is -2.68. The molecule has 1 saturated heterocycles. The first kappa shape index (κ1) is 70.2. The molecule has 75 heavy (non-hydrogen) atoms. The molecule has 1 unspecified atom stereocenters. The van der Waals surface area contributed by atoms with E-state index in [0.717, 1.165) is 51.4 Å². The van der Waals surface area contributed by atoms with Crippen molar-refractivity contribution < 1.29 is 79.0 Å². The van der Waals surface area contributed by atoms with Crippen LogP contribution in [0.5, 0.6) is 0 Å². The van der Waals surface area contributed by atoms with Gasteiger partial charge in [-0.1, -0.05) is 232 Å². The van der Waals surface area contributed by atoms with Crippen LogP contribution in [0.15, 0.2) is 4.99 Å². The van der Waals surface area contributed by atoms with Gasteiger partial charge in [-0.3, -0.25) is 14.0 Å². The second-order valence-electron chi connectivity index (χ2n) is 22.0. The Hall–Kier alpha value is -0.900. The lowest BCUT2D eigenvalue weighted by Gasteiger charge is -2.47. The van der Waals surface area contributed by atoms with Crippen LogP contribution in [0.2, 0.25) is 0 Å². The molecule has 0 spiro atoms. The lowest BCUT2D eigenvalue weighted by molar-refractivity contribution is -0.315. The molecule has 0 aromatic carbocycles. The summed E-state index contributed by atoms with van der Waals surface area (Å²) in [5, 5.41) is 109. The molecule has 1 saturated carbocycles. The molecule has 1 aliphatic heterocycles. The number of aliphatic imine (C=N–C) groups is 1. The van der Waals surface area contributed by atoms with Crippen molar-refractivity contribution in [2.75, 3.05) is 13.2 Å². The van der Waals surface area contributed by atoms with Gasteiger partial charge < -0.3 is 71.2 Å². The molecule has 0 aromatic heterocycles. The summed E-state index contributed by atoms with van der Waals surface area (Å²) in [6.07, 6.45) is 19.9. The van der Waals surface area contributed by atoms with E-state index < -0.39 is 112 Å². The number of rotatable bonds is 48. The molecule has 1 heterocycles. The number of aliphatic hydroxyl groups excluding tert-OH is 9. The molecule has 12 N–H and O–H groups in total. The highest BCUT2D eigenvalue weighted by atomic mass is 31.2. The standard InChI is InChI=1S/C56H111N2O16P/c1-3-5-7-9-11-13-15-17-18-19-20-21-22-23-24-25-26-27-29-31-33-35-37-39-45(61)58-42(47(62)43(60)38-36-34-32-30-28-16-14-12-10-8-6-4-2)41-71-75(69,70)74-55-53(68)51(66)50(65)52(67)54(55)73-56-46(57)49(64)48(63)44(40-59)72-56/h42-44,46-56,59-60,62-68H,3-41,57H2,1-2H3,(H,58,61)(H,69,70)/p-1/t42-,43+,44+,46+,47-,48+,49+,50+,51+,52-,53+,54+,55+,56+/m0/s1. The summed E-state index contributed by atoms with van der Waals surface area (Å²) in [5.41, 5.74) is 5.98. The quantitative estimate of drug-likeness (QED) is 0.0122. The Kier molecular flexibility index (Phi) is 40.2. The fraction of sp³-hybridized carbons (Fsp3) is 0.982. The fourth-order valence-electron chi connectivity index (χ4n) is 10.3. The van der Waals surface area contributed by atoms with E-state index >= 15 is 0 Å². The highest BCUT2D eigenvalue weighted by Gasteiger charge is 2.55. The number of nitrogens with two attached hydrogens (primary N) is 1. The van der Waals surface area contributed by atoms with E-state index in [2.05, 4.69) is 18.8 Å². The summed E-state index contributed by atoms with van der Waals surface area (Å²) in [5.74, 6) is -0.592. The van der Waals surface area contributed by atoms with Gasteiger partial charge >= 0.3 is 7.82 Å². The van der Waals surface area contributed by atoms with Crippen LogP contribution in [0.3, 0.4) is 0 Å². The Labute approximate surface area is 452 Å². The van der Waals surface area contributed by atoms with Crippen molar-refractivity contribution in [1.82, 2.24) is 0 Å². The molecule has 2 fully saturated rings. The first-order chi connectivity index (χ1) is 36.1. The normalized spacial score (nSPS) is 27.6. The number of phosphoric acid groups is 1. The third kappa shape index (κ3) is 29.9. The lowest BCUT2D eigenvalue weighted by atomic mass is 9.84. The maximum absolute atomic E-state index is 13.6. The Bertz CT molecular complexity index is 1440. The highest BCUT2D eigenvalue weighted by molar-refractivity contribution is 7.47. The van der Waals surface area contributed by atoms with Crippen LogP contribution in [-0.2, 0) is 23.1 Å². The van der Waals surface area contributed by atoms with Crippen LogP contribution in [0.25, 0.3) is 0 Å². The zero-order chi connectivity index (χ0) is 55.3. The van der Waals surface area contributed by atoms with Crippen molar-refractivity contribution in [2.45, 2.75) is 337 Å². The summed E-state index contributed by atoms with van der Waals surface area (Å²) in [7, 11) is -5.40. The van der Waals surface area contributed by atoms with Crippen LogP contribution >= 0.6 is 7.82 Å². The van der Waals surface area contributed by atoms with Gasteiger partial charge in [0, 0.05) is 0 Å². The van der Waals surface area contributed by atoms with Crippen molar-refractivity contribution >= 4 is 13.7 Å². The van der Waals surface area contributed by atoms with Gasteiger partial charge in [0.2, 0.25) is 0 Å². The predicted molar refractivity (Wildman–Crippen MR) is 291 cm³/mol. The van der Waals surface area contributed by atoms with Crippen molar-refractivity contribution in [3.05, 3.63) is 0 Å². The Morgan fingerprint density at radius 3 is 1.33 bits per heavy atom. The topological polar surface area (TPSA) is 318 Å². The van der Waals surface area contributed by atoms with Gasteiger partial charge in [-0.25, -0.2) is 4.57 Å². The molecule has 446 valence electrons. The van der Waals surface area contributed by atoms with Gasteiger partial charge in [-0.2, -0.15) is 0 Å². The molecule has 2 rings (SSSR count). The molecule has 0 aromatic rings. The number of ether oxygens (including phenoxy) is 2. The fourth-order valence-corrected chi connectivity index (χ4v) is 11.3. The summed E-state index contributed by atoms with van der Waals surface area (Å²) in [6, 6.07) is -3.04. The maximum Gasteiger partial charge on any atom is 0.472 e. The average Bonchev–Trinajstić information content (AvgIpc) is 3.39. The zero-order valence-corrected chi connectivity index (χ0v) is 47.4. The third-order valence-corrected chi connectivity index (χ3v) is 16.4. The number of phosphoric ester groups is 1. The van der Waals surface area contributed by atoms with Gasteiger partial charge in [0.05, 0.1) is 25.4 Å². The molecule has 1 aliphatic carbocycles. The van der Waals surface area contributed by atoms with Gasteiger partial charge in [-0.05, 0) is 25.2 Å². The number of nitrogens with zero attached hydrogens (tertiary/aromatic N) is 1. The average molecular weight is 1100 g/mol. The van der Waals surface area contributed by atoms with Crippen LogP contribution in [0.4, 0.5) is 0 Å². The molecule has 0 amide bonds. The summed E-state index contributed by atoms with van der Waals surface area (Å²) < 4.78 is 35.1. The Morgan fingerprint density at radius 2 is 0.933 bits per heavy atom. The maximum atomic E-state index is 13.6. The van der Waals surface area contributed by atoms with E-state index in [9.17, 15) is 60.5 Å². The van der Waals surface area contributed by atoms with Crippen LogP contribution < -0.4 is 10.8 Å². The first-order valence-electron chi connectivity index (χ1n) is 30.1. The monoisotopic (exact) mass is 1100 g/mol. The SMILES string of the molecule is CCCCCCCCCCCCCCCCCCCCCCCCCC([O-])=N[C@@H](COP(=O)(O)O[C@@H]1[C@H](O)[C@H](O)[C@@H](O)[C@H](O)[C@H]1O[C@H]1O[C@H](CO)[C@@H](O)[C@H](O)[C@H]1N)[C@H](O)[C@H](O)CCCCCCCCCCCCCC. The number of hydrogen-bond acceptors (Lipinski definition) is 17. The summed E-state index contributed by atoms with van der Waals surface area (Å²) in [6.45, 7) is 2.77. The Balaban J connectivity index is 1.89. The minimum Gasteiger partial charge on any atom is -0.862 e. The molecule has 18 nitrogen and oxygen atoms in total. The smallest absolute Gasteiger partial charge is 0.472 e. The summed E-state index contributed by atoms with van der Waals surface area (Å²) in [4.78, 5) is 15.1. The molecule has 0 bridgehead atoms. The van der Waals surface area contributed by atoms with E-state index in [-0.39, 0.29) is 12.8 Å². The molecular formula is C56H110N2O16P-. The van der Waals surface area contributed by atoms with Crippen LogP contribution in [-0.4, -0.2) is 155 Å². The van der Waals surface area contributed by atoms with E-state index in [1.54, 1.807) is 0 Å². The van der Waals surface area contributed by atoms with Gasteiger partial charge in [0.1, 0.15) is 67.1 Å². The minimum atomic E-state index is -5.40. The first-order valence-corrected chi connectivity index (χ1v) is 31.6. The highest BCUT2D eigenvalue weighted by Crippen LogP contribution is 2.48. The van der Waals surface area contributed by atoms with E-state index in [4.69, 9.17) is 24.3 Å². The van der Waals surface area contributed by atoms with Crippen molar-refractivity contribution in [3.8, 4) is 0 Å². The van der Waals surface area contributed by atoms with Gasteiger partial charge in [-0.15, -0.1) is 0 Å². The number of unbranched alkanes of at least 4 members (excludes halogenated alkanes) is 33. The molecule has 2 aliphatic rings. The van der Waals surface area contributed by atoms with Gasteiger partial charge in [0.15, 0.2) is 6.29 Å². The van der Waals surface area contributed by atoms with Crippen molar-refractivity contribution in [2.24, 2.45) is 10.7 Å². The van der Waals surface area contributed by atoms with E-state index in [1.165, 1.54) is 161 Å². The molecular weight excluding hydrogens is 988 g/mol. The number of aliphatic hydroxyl groups is 9. The molecule has 0 radical (unpaired) electrons. The molecule has 19 heteroatoms. The third-order valence-electron chi connectivity index (χ3n) is 15.4. The second kappa shape index (κ2) is 42.9. The largest absolute Gasteiger partial charge is 0.862 e. The zero-order valence-electron chi connectivity index (χ0n) is 46.6. The minimum absolute atomic E-state index is 0.0458. The van der Waals surface area contributed by atoms with Crippen LogP contribution in [0, 0.1) is 0 Å². The van der Waals surface area contributed by atoms with Crippen LogP contribution in [0.1, 0.15) is 251 Å². The van der Waals surface area contributed by atoms with Crippen molar-refractivity contribution in [1.29, 1.82) is 0 Å². The van der Waals surface area contributed by atoms with E-state index in [1.807, 2.05) is 0 Å². The van der Waals surface area contributed by atoms with Crippen molar-refractivity contribution in [3.63, 3.8) is 0 Å². The Morgan fingerprint density at radius 1 is 0.560 bits per heavy atom.